The van der Waals surface area contributed by atoms with Crippen LogP contribution < -0.4 is 5.32 Å². The third-order valence-electron chi connectivity index (χ3n) is 4.47. The number of esters is 1. The van der Waals surface area contributed by atoms with Gasteiger partial charge < -0.3 is 14.6 Å². The lowest BCUT2D eigenvalue weighted by molar-refractivity contribution is 0.0588. The minimum atomic E-state index is -0.464. The van der Waals surface area contributed by atoms with Crippen LogP contribution in [0.4, 0.5) is 4.39 Å². The van der Waals surface area contributed by atoms with Gasteiger partial charge in [0.1, 0.15) is 11.5 Å². The highest BCUT2D eigenvalue weighted by molar-refractivity contribution is 6.05. The van der Waals surface area contributed by atoms with E-state index in [1.54, 1.807) is 44.5 Å². The molecule has 134 valence electrons. The Labute approximate surface area is 146 Å². The molecule has 0 saturated heterocycles. The first-order chi connectivity index (χ1) is 11.8. The Hall–Kier alpha value is -2.47. The van der Waals surface area contributed by atoms with Gasteiger partial charge in [0.25, 0.3) is 0 Å². The number of methoxy groups -OCH3 is 1. The zero-order valence-electron chi connectivity index (χ0n) is 15.1. The topological polar surface area (TPSA) is 60.3 Å². The fourth-order valence-corrected chi connectivity index (χ4v) is 2.91. The molecule has 0 amide bonds. The number of hydrogen-bond acceptors (Lipinski definition) is 4. The maximum atomic E-state index is 12.9. The van der Waals surface area contributed by atoms with E-state index in [9.17, 15) is 14.0 Å². The molecule has 2 aromatic rings. The minimum absolute atomic E-state index is 0.0946. The smallest absolute Gasteiger partial charge is 0.354 e. The van der Waals surface area contributed by atoms with E-state index < -0.39 is 12.0 Å². The summed E-state index contributed by atoms with van der Waals surface area (Å²) < 4.78 is 19.4. The van der Waals surface area contributed by atoms with E-state index in [2.05, 4.69) is 5.32 Å². The van der Waals surface area contributed by atoms with Crippen LogP contribution in [0, 0.1) is 19.7 Å². The first-order valence-electron chi connectivity index (χ1n) is 8.04. The molecule has 0 bridgehead atoms. The summed E-state index contributed by atoms with van der Waals surface area (Å²) in [6.07, 6.45) is 0. The molecule has 1 unspecified atom stereocenters. The van der Waals surface area contributed by atoms with E-state index in [1.807, 2.05) is 0 Å². The zero-order chi connectivity index (χ0) is 18.7. The predicted octanol–water partition coefficient (Wildman–Crippen LogP) is 2.93. The van der Waals surface area contributed by atoms with E-state index in [1.165, 1.54) is 19.2 Å². The van der Waals surface area contributed by atoms with Gasteiger partial charge in [-0.3, -0.25) is 4.79 Å². The van der Waals surface area contributed by atoms with Gasteiger partial charge in [-0.25, -0.2) is 9.18 Å². The molecule has 0 spiro atoms. The summed E-state index contributed by atoms with van der Waals surface area (Å²) in [5.41, 5.74) is 3.14. The number of rotatable bonds is 6. The molecule has 6 heteroatoms. The fraction of sp³-hybridized carbons (Fsp3) is 0.368. The van der Waals surface area contributed by atoms with E-state index in [0.717, 1.165) is 11.3 Å². The van der Waals surface area contributed by atoms with Crippen LogP contribution in [0.15, 0.2) is 24.3 Å². The summed E-state index contributed by atoms with van der Waals surface area (Å²) in [7, 11) is 3.06. The van der Waals surface area contributed by atoms with Gasteiger partial charge in [0, 0.05) is 24.8 Å². The van der Waals surface area contributed by atoms with Gasteiger partial charge in [0.15, 0.2) is 5.78 Å². The lowest BCUT2D eigenvalue weighted by Crippen LogP contribution is -2.34. The molecule has 1 atom stereocenters. The average Bonchev–Trinajstić information content (AvgIpc) is 2.82. The van der Waals surface area contributed by atoms with Crippen molar-refractivity contribution >= 4 is 11.8 Å². The summed E-state index contributed by atoms with van der Waals surface area (Å²) in [4.78, 5) is 24.8. The van der Waals surface area contributed by atoms with Gasteiger partial charge >= 0.3 is 5.97 Å². The molecule has 5 nitrogen and oxygen atoms in total. The Morgan fingerprint density at radius 3 is 2.40 bits per heavy atom. The maximum Gasteiger partial charge on any atom is 0.354 e. The van der Waals surface area contributed by atoms with Crippen molar-refractivity contribution in [2.24, 2.45) is 7.05 Å². The predicted molar refractivity (Wildman–Crippen MR) is 93.3 cm³/mol. The van der Waals surface area contributed by atoms with Crippen LogP contribution in [0.1, 0.15) is 44.6 Å². The van der Waals surface area contributed by atoms with Crippen LogP contribution in [-0.2, 0) is 18.3 Å². The van der Waals surface area contributed by atoms with Gasteiger partial charge in [0.05, 0.1) is 13.2 Å². The van der Waals surface area contributed by atoms with Gasteiger partial charge in [-0.15, -0.1) is 0 Å². The second-order valence-electron chi connectivity index (χ2n) is 6.08. The molecule has 0 aliphatic heterocycles. The number of nitrogens with zero attached hydrogens (tertiary/aromatic N) is 1. The number of nitrogens with one attached hydrogen (secondary N) is 1. The molecule has 0 saturated carbocycles. The number of carbonyl (C=O) groups is 2. The standard InChI is InChI=1S/C19H23FN2O3/c1-11-16(13(3)22(4)17(11)19(24)25-5)18(23)12(2)21-10-14-6-8-15(20)9-7-14/h6-9,12,21H,10H2,1-5H3. The van der Waals surface area contributed by atoms with Gasteiger partial charge in [0.2, 0.25) is 0 Å². The molecule has 1 heterocycles. The third-order valence-corrected chi connectivity index (χ3v) is 4.47. The largest absolute Gasteiger partial charge is 0.464 e. The Kier molecular flexibility index (Phi) is 5.74. The van der Waals surface area contributed by atoms with Crippen LogP contribution in [0.5, 0.6) is 0 Å². The van der Waals surface area contributed by atoms with Crippen LogP contribution in [0.3, 0.4) is 0 Å². The molecular formula is C19H23FN2O3. The van der Waals surface area contributed by atoms with Gasteiger partial charge in [-0.2, -0.15) is 0 Å². The van der Waals surface area contributed by atoms with E-state index >= 15 is 0 Å². The van der Waals surface area contributed by atoms with Crippen LogP contribution in [0.2, 0.25) is 0 Å². The van der Waals surface area contributed by atoms with Crippen molar-refractivity contribution in [1.82, 2.24) is 9.88 Å². The number of ketones is 1. The van der Waals surface area contributed by atoms with E-state index in [0.29, 0.717) is 23.4 Å². The molecule has 1 N–H and O–H groups in total. The highest BCUT2D eigenvalue weighted by Gasteiger charge is 2.27. The number of carbonyl (C=O) groups excluding carboxylic acids is 2. The molecule has 0 radical (unpaired) electrons. The molecule has 1 aromatic carbocycles. The maximum absolute atomic E-state index is 12.9. The average molecular weight is 346 g/mol. The lowest BCUT2D eigenvalue weighted by atomic mass is 10.0. The third kappa shape index (κ3) is 3.79. The van der Waals surface area contributed by atoms with Crippen molar-refractivity contribution in [3.8, 4) is 0 Å². The Morgan fingerprint density at radius 2 is 1.84 bits per heavy atom. The highest BCUT2D eigenvalue weighted by Crippen LogP contribution is 2.23. The summed E-state index contributed by atoms with van der Waals surface area (Å²) in [6, 6.07) is 5.67. The van der Waals surface area contributed by atoms with Crippen molar-refractivity contribution < 1.29 is 18.7 Å². The number of hydrogen-bond donors (Lipinski definition) is 1. The van der Waals surface area contributed by atoms with Crippen LogP contribution in [0.25, 0.3) is 0 Å². The monoisotopic (exact) mass is 346 g/mol. The normalized spacial score (nSPS) is 12.1. The second-order valence-corrected chi connectivity index (χ2v) is 6.08. The van der Waals surface area contributed by atoms with E-state index in [4.69, 9.17) is 4.74 Å². The highest BCUT2D eigenvalue weighted by atomic mass is 19.1. The van der Waals surface area contributed by atoms with Crippen molar-refractivity contribution in [2.75, 3.05) is 7.11 Å². The number of aromatic nitrogens is 1. The minimum Gasteiger partial charge on any atom is -0.464 e. The van der Waals surface area contributed by atoms with Crippen molar-refractivity contribution in [2.45, 2.75) is 33.4 Å². The Morgan fingerprint density at radius 1 is 1.24 bits per heavy atom. The van der Waals surface area contributed by atoms with Crippen LogP contribution in [-0.4, -0.2) is 29.5 Å². The molecule has 1 aromatic heterocycles. The van der Waals surface area contributed by atoms with Gasteiger partial charge in [-0.05, 0) is 44.0 Å². The molecule has 0 aliphatic rings. The summed E-state index contributed by atoms with van der Waals surface area (Å²) >= 11 is 0. The first kappa shape index (κ1) is 18.9. The summed E-state index contributed by atoms with van der Waals surface area (Å²) in [5, 5.41) is 3.15. The molecule has 25 heavy (non-hydrogen) atoms. The number of halogens is 1. The van der Waals surface area contributed by atoms with Crippen molar-refractivity contribution in [1.29, 1.82) is 0 Å². The first-order valence-corrected chi connectivity index (χ1v) is 8.04. The molecule has 2 rings (SSSR count). The SMILES string of the molecule is COC(=O)c1c(C)c(C(=O)C(C)NCc2ccc(F)cc2)c(C)n1C. The quantitative estimate of drug-likeness (QED) is 0.645. The Balaban J connectivity index is 2.19. The number of Topliss-reactive ketones (excluding diaryl/α,β-unsaturated/α-hetero) is 1. The number of benzene rings is 1. The molecular weight excluding hydrogens is 323 g/mol. The number of ether oxygens (including phenoxy) is 1. The molecule has 0 aliphatic carbocycles. The van der Waals surface area contributed by atoms with Crippen molar-refractivity contribution in [3.05, 3.63) is 58.2 Å². The lowest BCUT2D eigenvalue weighted by Gasteiger charge is -2.14. The van der Waals surface area contributed by atoms with Crippen molar-refractivity contribution in [3.63, 3.8) is 0 Å². The Bertz CT molecular complexity index is 794. The van der Waals surface area contributed by atoms with Crippen LogP contribution >= 0.6 is 0 Å². The summed E-state index contributed by atoms with van der Waals surface area (Å²) in [5.74, 6) is -0.851. The van der Waals surface area contributed by atoms with Gasteiger partial charge in [-0.1, -0.05) is 12.1 Å². The fourth-order valence-electron chi connectivity index (χ4n) is 2.91. The molecule has 0 fully saturated rings. The van der Waals surface area contributed by atoms with E-state index in [-0.39, 0.29) is 11.6 Å². The zero-order valence-corrected chi connectivity index (χ0v) is 15.1. The second kappa shape index (κ2) is 7.61. The summed E-state index contributed by atoms with van der Waals surface area (Å²) in [6.45, 7) is 5.77.